The van der Waals surface area contributed by atoms with E-state index in [4.69, 9.17) is 28.4 Å². The van der Waals surface area contributed by atoms with Crippen LogP contribution >= 0.6 is 0 Å². The van der Waals surface area contributed by atoms with Gasteiger partial charge in [0.05, 0.1) is 30.3 Å². The number of rotatable bonds is 7. The second-order valence-corrected chi connectivity index (χ2v) is 13.8. The molecule has 2 N–H and O–H groups in total. The van der Waals surface area contributed by atoms with Gasteiger partial charge in [-0.2, -0.15) is 0 Å². The third kappa shape index (κ3) is 5.26. The molecule has 1 aromatic carbocycles. The molecule has 49 heavy (non-hydrogen) atoms. The molecule has 11 atom stereocenters. The van der Waals surface area contributed by atoms with Gasteiger partial charge in [-0.3, -0.25) is 24.0 Å². The Balaban J connectivity index is 1.97. The molecule has 5 rings (SSSR count). The molecule has 0 amide bonds. The number of aliphatic hydroxyl groups is 2. The van der Waals surface area contributed by atoms with Gasteiger partial charge in [0.2, 0.25) is 0 Å². The van der Waals surface area contributed by atoms with E-state index >= 15 is 0 Å². The van der Waals surface area contributed by atoms with Crippen molar-refractivity contribution in [2.24, 2.45) is 22.7 Å². The lowest BCUT2D eigenvalue weighted by atomic mass is 9.43. The van der Waals surface area contributed by atoms with E-state index in [9.17, 15) is 39.0 Å². The van der Waals surface area contributed by atoms with Crippen LogP contribution in [0.1, 0.15) is 64.7 Å². The van der Waals surface area contributed by atoms with Crippen molar-refractivity contribution >= 4 is 35.6 Å². The highest BCUT2D eigenvalue weighted by atomic mass is 16.6. The Hall–Kier alpha value is -4.14. The lowest BCUT2D eigenvalue weighted by molar-refractivity contribution is -0.303. The summed E-state index contributed by atoms with van der Waals surface area (Å²) in [5.74, 6) is -7.62. The van der Waals surface area contributed by atoms with Crippen LogP contribution in [0.25, 0.3) is 0 Å². The van der Waals surface area contributed by atoms with Crippen molar-refractivity contribution < 1.29 is 67.4 Å². The topological polar surface area (TPSA) is 198 Å². The smallest absolute Gasteiger partial charge is 0.338 e. The van der Waals surface area contributed by atoms with Gasteiger partial charge in [-0.1, -0.05) is 31.7 Å². The predicted octanol–water partition coefficient (Wildman–Crippen LogP) is 1.62. The molecule has 4 fully saturated rings. The maximum Gasteiger partial charge on any atom is 0.338 e. The zero-order valence-corrected chi connectivity index (χ0v) is 28.3. The lowest BCUT2D eigenvalue weighted by Gasteiger charge is -2.65. The molecule has 1 saturated heterocycles. The van der Waals surface area contributed by atoms with Crippen molar-refractivity contribution in [1.29, 1.82) is 0 Å². The summed E-state index contributed by atoms with van der Waals surface area (Å²) >= 11 is 0. The fraction of sp³-hybridized carbons (Fsp3) is 0.600. The molecule has 0 spiro atoms. The van der Waals surface area contributed by atoms with Crippen LogP contribution < -0.4 is 0 Å². The largest absolute Gasteiger partial charge is 0.462 e. The SMILES string of the molecule is C=C1C(O)CC(OC(C)=O)C2(CO)C(OC(=O)c3ccccc3)C(OC(C)=O)C3(OC(C)=O)C4(C)OCC3(C)C(CC4=O)C(OC(C)=O)C12. The van der Waals surface area contributed by atoms with E-state index in [0.29, 0.717) is 0 Å². The number of fused-ring (bicyclic) bond motifs is 1. The molecule has 1 heterocycles. The number of ether oxygens (including phenoxy) is 6. The predicted molar refractivity (Wildman–Crippen MR) is 165 cm³/mol. The van der Waals surface area contributed by atoms with E-state index in [1.54, 1.807) is 25.1 Å². The average Bonchev–Trinajstić information content (AvgIpc) is 3.18. The molecule has 14 nitrogen and oxygen atoms in total. The molecular weight excluding hydrogens is 644 g/mol. The molecule has 266 valence electrons. The zero-order chi connectivity index (χ0) is 36.3. The molecule has 0 aromatic heterocycles. The van der Waals surface area contributed by atoms with Gasteiger partial charge in [0.15, 0.2) is 29.2 Å². The summed E-state index contributed by atoms with van der Waals surface area (Å²) in [4.78, 5) is 80.5. The van der Waals surface area contributed by atoms with Crippen LogP contribution in [0.5, 0.6) is 0 Å². The van der Waals surface area contributed by atoms with Gasteiger partial charge in [-0.15, -0.1) is 0 Å². The van der Waals surface area contributed by atoms with Gasteiger partial charge in [0.1, 0.15) is 12.2 Å². The molecule has 3 aliphatic carbocycles. The molecule has 4 bridgehead atoms. The van der Waals surface area contributed by atoms with Crippen LogP contribution in [0.4, 0.5) is 0 Å². The minimum absolute atomic E-state index is 0.00863. The number of ketones is 1. The van der Waals surface area contributed by atoms with E-state index in [1.807, 2.05) is 0 Å². The normalized spacial score (nSPS) is 39.4. The highest BCUT2D eigenvalue weighted by molar-refractivity contribution is 5.92. The molecule has 1 aliphatic heterocycles. The van der Waals surface area contributed by atoms with Crippen molar-refractivity contribution in [3.63, 3.8) is 0 Å². The highest BCUT2D eigenvalue weighted by Crippen LogP contribution is 2.68. The number of aliphatic hydroxyl groups excluding tert-OH is 2. The second-order valence-electron chi connectivity index (χ2n) is 13.8. The van der Waals surface area contributed by atoms with Crippen molar-refractivity contribution in [2.45, 2.75) is 96.1 Å². The van der Waals surface area contributed by atoms with Crippen LogP contribution in [0, 0.1) is 22.7 Å². The first-order chi connectivity index (χ1) is 22.9. The molecular formula is C35H42O14. The Bertz CT molecular complexity index is 1570. The summed E-state index contributed by atoms with van der Waals surface area (Å²) in [6.45, 7) is 10.2. The van der Waals surface area contributed by atoms with E-state index in [1.165, 1.54) is 19.1 Å². The van der Waals surface area contributed by atoms with Crippen molar-refractivity contribution in [1.82, 2.24) is 0 Å². The van der Waals surface area contributed by atoms with Crippen LogP contribution in [-0.4, -0.2) is 101 Å². The number of benzene rings is 1. The lowest BCUT2D eigenvalue weighted by Crippen LogP contribution is -2.82. The zero-order valence-electron chi connectivity index (χ0n) is 28.3. The molecule has 4 aliphatic rings. The standard InChI is InChI=1S/C35H42O14/c1-17-24(41)14-26(45-18(2)37)34(15-36)27(17)28(46-19(3)38)23-13-25(42)33(7)35(49-21(5)40,32(23,6)16-44-33)30(47-20(4)39)29(34)48-31(43)22-11-9-8-10-12-22/h8-12,23-24,26-30,36,41H,1,13-16H2,2-7H3. The van der Waals surface area contributed by atoms with Gasteiger partial charge in [-0.25, -0.2) is 4.79 Å². The van der Waals surface area contributed by atoms with Crippen LogP contribution in [-0.2, 0) is 52.4 Å². The molecule has 0 radical (unpaired) electrons. The van der Waals surface area contributed by atoms with Crippen LogP contribution in [0.15, 0.2) is 42.5 Å². The summed E-state index contributed by atoms with van der Waals surface area (Å²) in [6, 6.07) is 7.69. The highest BCUT2D eigenvalue weighted by Gasteiger charge is 2.85. The molecule has 3 saturated carbocycles. The van der Waals surface area contributed by atoms with Crippen molar-refractivity contribution in [3.05, 3.63) is 48.0 Å². The number of hydrogen-bond acceptors (Lipinski definition) is 14. The quantitative estimate of drug-likeness (QED) is 0.238. The van der Waals surface area contributed by atoms with Gasteiger partial charge in [0, 0.05) is 57.8 Å². The molecule has 14 heteroatoms. The summed E-state index contributed by atoms with van der Waals surface area (Å²) in [5, 5.41) is 23.1. The number of carbonyl (C=O) groups excluding carboxylic acids is 6. The van der Waals surface area contributed by atoms with Crippen molar-refractivity contribution in [2.75, 3.05) is 13.2 Å². The number of carbonyl (C=O) groups is 6. The Morgan fingerprint density at radius 1 is 0.898 bits per heavy atom. The Labute approximate surface area is 283 Å². The summed E-state index contributed by atoms with van der Waals surface area (Å²) in [5.41, 5.74) is -7.92. The van der Waals surface area contributed by atoms with Gasteiger partial charge >= 0.3 is 29.8 Å². The van der Waals surface area contributed by atoms with Gasteiger partial charge in [0.25, 0.3) is 0 Å². The number of Topliss-reactive ketones (excluding diaryl/α,β-unsaturated/α-hetero) is 1. The Morgan fingerprint density at radius 2 is 1.51 bits per heavy atom. The molecule has 11 unspecified atom stereocenters. The first-order valence-electron chi connectivity index (χ1n) is 16.0. The van der Waals surface area contributed by atoms with Crippen LogP contribution in [0.2, 0.25) is 0 Å². The average molecular weight is 687 g/mol. The second kappa shape index (κ2) is 12.6. The van der Waals surface area contributed by atoms with E-state index in [-0.39, 0.29) is 30.6 Å². The number of hydrogen-bond donors (Lipinski definition) is 2. The first kappa shape index (κ1) is 36.1. The Kier molecular flexibility index (Phi) is 9.32. The third-order valence-corrected chi connectivity index (χ3v) is 11.1. The first-order valence-corrected chi connectivity index (χ1v) is 16.0. The van der Waals surface area contributed by atoms with Gasteiger partial charge in [-0.05, 0) is 24.6 Å². The molecule has 1 aromatic rings. The summed E-state index contributed by atoms with van der Waals surface area (Å²) < 4.78 is 36.6. The van der Waals surface area contributed by atoms with Crippen LogP contribution in [0.3, 0.4) is 0 Å². The maximum atomic E-state index is 14.4. The van der Waals surface area contributed by atoms with Gasteiger partial charge < -0.3 is 38.6 Å². The monoisotopic (exact) mass is 686 g/mol. The van der Waals surface area contributed by atoms with E-state index in [2.05, 4.69) is 6.58 Å². The maximum absolute atomic E-state index is 14.4. The third-order valence-electron chi connectivity index (χ3n) is 11.1. The fourth-order valence-corrected chi connectivity index (χ4v) is 9.09. The minimum Gasteiger partial charge on any atom is -0.462 e. The summed E-state index contributed by atoms with van der Waals surface area (Å²) in [6.07, 6.45) is -8.89. The van der Waals surface area contributed by atoms with E-state index in [0.717, 1.165) is 27.7 Å². The Morgan fingerprint density at radius 3 is 2.06 bits per heavy atom. The van der Waals surface area contributed by atoms with E-state index < -0.39 is 107 Å². The summed E-state index contributed by atoms with van der Waals surface area (Å²) in [7, 11) is 0. The van der Waals surface area contributed by atoms with Crippen molar-refractivity contribution in [3.8, 4) is 0 Å². The minimum atomic E-state index is -2.29. The number of esters is 5. The fourth-order valence-electron chi connectivity index (χ4n) is 9.09.